The minimum atomic E-state index is -0.578. The topological polar surface area (TPSA) is 118 Å². The second kappa shape index (κ2) is 9.70. The highest BCUT2D eigenvalue weighted by atomic mass is 16.5. The van der Waals surface area contributed by atoms with Gasteiger partial charge in [0.2, 0.25) is 0 Å². The van der Waals surface area contributed by atoms with E-state index in [1.54, 1.807) is 44.6 Å². The molecule has 180 valence electrons. The molecule has 4 rings (SSSR count). The fourth-order valence-electron chi connectivity index (χ4n) is 4.71. The van der Waals surface area contributed by atoms with Crippen LogP contribution in [0.15, 0.2) is 54.6 Å². The minimum absolute atomic E-state index is 0.00838. The number of hydrogen-bond donors (Lipinski definition) is 4. The van der Waals surface area contributed by atoms with Crippen LogP contribution < -0.4 is 14.2 Å². The van der Waals surface area contributed by atoms with Crippen LogP contribution in [-0.2, 0) is 4.74 Å². The first-order valence-corrected chi connectivity index (χ1v) is 10.8. The van der Waals surface area contributed by atoms with Gasteiger partial charge < -0.3 is 39.4 Å². The second-order valence-corrected chi connectivity index (χ2v) is 8.18. The molecule has 0 radical (unpaired) electrons. The SMILES string of the molecule is COc1cc([C@H]2O[C@@H](c3ccc(OC)c(OC)c3)[C@H](CO)[C@H]2c2cc(O)cc(O)c2)ccc1O. The zero-order chi connectivity index (χ0) is 24.4. The van der Waals surface area contributed by atoms with E-state index in [1.807, 2.05) is 12.1 Å². The Kier molecular flexibility index (Phi) is 6.72. The molecule has 8 nitrogen and oxygen atoms in total. The lowest BCUT2D eigenvalue weighted by molar-refractivity contribution is 0.0236. The maximum Gasteiger partial charge on any atom is 0.161 e. The number of aliphatic hydroxyl groups excluding tert-OH is 1. The van der Waals surface area contributed by atoms with Crippen molar-refractivity contribution in [3.05, 3.63) is 71.3 Å². The smallest absolute Gasteiger partial charge is 0.161 e. The zero-order valence-corrected chi connectivity index (χ0v) is 19.1. The summed E-state index contributed by atoms with van der Waals surface area (Å²) in [6.07, 6.45) is -1.12. The molecule has 4 N–H and O–H groups in total. The van der Waals surface area contributed by atoms with Gasteiger partial charge in [-0.15, -0.1) is 0 Å². The lowest BCUT2D eigenvalue weighted by Gasteiger charge is -2.24. The van der Waals surface area contributed by atoms with Gasteiger partial charge in [-0.25, -0.2) is 0 Å². The first kappa shape index (κ1) is 23.5. The Balaban J connectivity index is 1.85. The molecular formula is C26H28O8. The molecule has 0 saturated carbocycles. The third-order valence-electron chi connectivity index (χ3n) is 6.26. The Labute approximate surface area is 197 Å². The van der Waals surface area contributed by atoms with E-state index in [-0.39, 0.29) is 29.6 Å². The summed E-state index contributed by atoms with van der Waals surface area (Å²) >= 11 is 0. The van der Waals surface area contributed by atoms with Crippen molar-refractivity contribution in [2.45, 2.75) is 18.1 Å². The van der Waals surface area contributed by atoms with E-state index in [4.69, 9.17) is 18.9 Å². The highest BCUT2D eigenvalue weighted by molar-refractivity contribution is 5.47. The Morgan fingerprint density at radius 3 is 1.88 bits per heavy atom. The van der Waals surface area contributed by atoms with Crippen LogP contribution in [0.4, 0.5) is 0 Å². The molecule has 3 aromatic rings. The van der Waals surface area contributed by atoms with Crippen LogP contribution in [0.25, 0.3) is 0 Å². The number of hydrogen-bond acceptors (Lipinski definition) is 8. The van der Waals surface area contributed by atoms with Crippen LogP contribution in [0.5, 0.6) is 34.5 Å². The van der Waals surface area contributed by atoms with Crippen LogP contribution >= 0.6 is 0 Å². The first-order valence-electron chi connectivity index (χ1n) is 10.8. The van der Waals surface area contributed by atoms with Crippen molar-refractivity contribution < 1.29 is 39.4 Å². The lowest BCUT2D eigenvalue weighted by atomic mass is 9.78. The predicted octanol–water partition coefficient (Wildman–Crippen LogP) is 4.03. The van der Waals surface area contributed by atoms with Gasteiger partial charge in [0.15, 0.2) is 23.0 Å². The molecule has 1 fully saturated rings. The van der Waals surface area contributed by atoms with Crippen molar-refractivity contribution in [2.75, 3.05) is 27.9 Å². The van der Waals surface area contributed by atoms with Crippen LogP contribution in [0.3, 0.4) is 0 Å². The number of aromatic hydroxyl groups is 3. The molecule has 4 atom stereocenters. The van der Waals surface area contributed by atoms with Crippen molar-refractivity contribution in [3.8, 4) is 34.5 Å². The average Bonchev–Trinajstić information content (AvgIpc) is 3.23. The monoisotopic (exact) mass is 468 g/mol. The number of methoxy groups -OCH3 is 3. The van der Waals surface area contributed by atoms with Gasteiger partial charge in [0.1, 0.15) is 11.5 Å². The molecule has 0 amide bonds. The van der Waals surface area contributed by atoms with Crippen LogP contribution in [0, 0.1) is 5.92 Å². The highest BCUT2D eigenvalue weighted by Gasteiger charge is 2.46. The number of phenolic OH excluding ortho intramolecular Hbond substituents is 3. The van der Waals surface area contributed by atoms with Gasteiger partial charge in [0.05, 0.1) is 33.5 Å². The van der Waals surface area contributed by atoms with E-state index in [0.29, 0.717) is 22.6 Å². The first-order chi connectivity index (χ1) is 16.4. The molecule has 1 aliphatic heterocycles. The fraction of sp³-hybridized carbons (Fsp3) is 0.308. The third-order valence-corrected chi connectivity index (χ3v) is 6.26. The maximum absolute atomic E-state index is 10.5. The number of rotatable bonds is 7. The van der Waals surface area contributed by atoms with E-state index in [9.17, 15) is 20.4 Å². The van der Waals surface area contributed by atoms with Crippen molar-refractivity contribution in [2.24, 2.45) is 5.92 Å². The van der Waals surface area contributed by atoms with E-state index in [0.717, 1.165) is 5.56 Å². The zero-order valence-electron chi connectivity index (χ0n) is 19.1. The van der Waals surface area contributed by atoms with Crippen LogP contribution in [-0.4, -0.2) is 48.4 Å². The Bertz CT molecular complexity index is 1140. The molecule has 0 aliphatic carbocycles. The predicted molar refractivity (Wildman–Crippen MR) is 124 cm³/mol. The molecule has 0 aromatic heterocycles. The van der Waals surface area contributed by atoms with E-state index in [1.165, 1.54) is 19.2 Å². The molecule has 8 heteroatoms. The fourth-order valence-corrected chi connectivity index (χ4v) is 4.71. The molecular weight excluding hydrogens is 440 g/mol. The van der Waals surface area contributed by atoms with Gasteiger partial charge in [-0.2, -0.15) is 0 Å². The summed E-state index contributed by atoms with van der Waals surface area (Å²) in [6.45, 7) is -0.216. The van der Waals surface area contributed by atoms with E-state index < -0.39 is 24.0 Å². The standard InChI is InChI=1S/C26H28O8/c1-31-21-7-5-14(11-23(21)33-3)25-19(13-27)24(16-8-17(28)12-18(29)9-16)26(34-25)15-4-6-20(30)22(10-15)32-2/h4-12,19,24-30H,13H2,1-3H3/t19-,24-,25+,26-/m1/s1. The van der Waals surface area contributed by atoms with Crippen LogP contribution in [0.1, 0.15) is 34.8 Å². The molecule has 0 unspecified atom stereocenters. The summed E-state index contributed by atoms with van der Waals surface area (Å²) < 4.78 is 22.6. The Hall–Kier alpha value is -3.62. The second-order valence-electron chi connectivity index (χ2n) is 8.18. The molecule has 1 saturated heterocycles. The van der Waals surface area contributed by atoms with Crippen molar-refractivity contribution in [1.82, 2.24) is 0 Å². The summed E-state index contributed by atoms with van der Waals surface area (Å²) in [5, 5.41) is 40.9. The summed E-state index contributed by atoms with van der Waals surface area (Å²) in [5.41, 5.74) is 2.10. The maximum atomic E-state index is 10.5. The van der Waals surface area contributed by atoms with Gasteiger partial charge in [-0.05, 0) is 53.1 Å². The van der Waals surface area contributed by atoms with Gasteiger partial charge in [-0.1, -0.05) is 12.1 Å². The normalized spacial score (nSPS) is 21.9. The van der Waals surface area contributed by atoms with Gasteiger partial charge in [0.25, 0.3) is 0 Å². The van der Waals surface area contributed by atoms with Gasteiger partial charge in [-0.3, -0.25) is 0 Å². The lowest BCUT2D eigenvalue weighted by Crippen LogP contribution is -2.19. The van der Waals surface area contributed by atoms with Gasteiger partial charge in [0, 0.05) is 24.5 Å². The molecule has 0 spiro atoms. The minimum Gasteiger partial charge on any atom is -0.508 e. The molecule has 1 aliphatic rings. The van der Waals surface area contributed by atoms with Gasteiger partial charge >= 0.3 is 0 Å². The third kappa shape index (κ3) is 4.30. The Morgan fingerprint density at radius 1 is 0.676 bits per heavy atom. The summed E-state index contributed by atoms with van der Waals surface area (Å²) in [5.74, 6) is 0.325. The summed E-state index contributed by atoms with van der Waals surface area (Å²) in [4.78, 5) is 0. The van der Waals surface area contributed by atoms with E-state index in [2.05, 4.69) is 0 Å². The number of aliphatic hydroxyl groups is 1. The molecule has 1 heterocycles. The highest BCUT2D eigenvalue weighted by Crippen LogP contribution is 2.55. The average molecular weight is 469 g/mol. The number of benzene rings is 3. The van der Waals surface area contributed by atoms with E-state index >= 15 is 0 Å². The largest absolute Gasteiger partial charge is 0.508 e. The molecule has 0 bridgehead atoms. The Morgan fingerprint density at radius 2 is 1.26 bits per heavy atom. The van der Waals surface area contributed by atoms with Crippen molar-refractivity contribution in [1.29, 1.82) is 0 Å². The summed E-state index contributed by atoms with van der Waals surface area (Å²) in [6, 6.07) is 14.7. The number of phenols is 3. The quantitative estimate of drug-likeness (QED) is 0.411. The molecule has 34 heavy (non-hydrogen) atoms. The molecule has 3 aromatic carbocycles. The van der Waals surface area contributed by atoms with Crippen molar-refractivity contribution >= 4 is 0 Å². The number of ether oxygens (including phenoxy) is 4. The van der Waals surface area contributed by atoms with Crippen molar-refractivity contribution in [3.63, 3.8) is 0 Å². The van der Waals surface area contributed by atoms with Crippen LogP contribution in [0.2, 0.25) is 0 Å². The summed E-state index contributed by atoms with van der Waals surface area (Å²) in [7, 11) is 4.56.